The molecule has 1 aliphatic rings. The van der Waals surface area contributed by atoms with Crippen LogP contribution in [0.3, 0.4) is 0 Å². The second kappa shape index (κ2) is 6.62. The highest BCUT2D eigenvalue weighted by atomic mass is 35.5. The van der Waals surface area contributed by atoms with E-state index in [4.69, 9.17) is 11.6 Å². The van der Waals surface area contributed by atoms with Gasteiger partial charge < -0.3 is 15.5 Å². The molecule has 0 unspecified atom stereocenters. The van der Waals surface area contributed by atoms with Crippen LogP contribution in [-0.2, 0) is 0 Å². The third kappa shape index (κ3) is 3.47. The molecule has 1 saturated carbocycles. The van der Waals surface area contributed by atoms with Crippen molar-refractivity contribution in [2.45, 2.75) is 31.2 Å². The minimum absolute atomic E-state index is 0.0704. The van der Waals surface area contributed by atoms with E-state index in [-0.39, 0.29) is 11.4 Å². The Kier molecular flexibility index (Phi) is 5.06. The molecule has 116 valence electrons. The average Bonchev–Trinajstić information content (AvgIpc) is 2.95. The molecule has 2 rings (SSSR count). The summed E-state index contributed by atoms with van der Waals surface area (Å²) >= 11 is 6.08. The Morgan fingerprint density at radius 3 is 2.67 bits per heavy atom. The lowest BCUT2D eigenvalue weighted by atomic mass is 9.96. The fourth-order valence-electron chi connectivity index (χ4n) is 2.90. The van der Waals surface area contributed by atoms with Crippen molar-refractivity contribution < 1.29 is 4.79 Å². The first kappa shape index (κ1) is 16.0. The van der Waals surface area contributed by atoms with Crippen LogP contribution in [0, 0.1) is 0 Å². The first-order valence-corrected chi connectivity index (χ1v) is 7.65. The summed E-state index contributed by atoms with van der Waals surface area (Å²) in [5, 5.41) is 6.32. The van der Waals surface area contributed by atoms with Crippen molar-refractivity contribution in [1.82, 2.24) is 15.2 Å². The maximum Gasteiger partial charge on any atom is 0.253 e. The molecule has 2 N–H and O–H groups in total. The minimum Gasteiger partial charge on any atom is -0.373 e. The maximum absolute atomic E-state index is 12.4. The van der Waals surface area contributed by atoms with Crippen molar-refractivity contribution >= 4 is 23.3 Å². The number of hydrogen-bond donors (Lipinski definition) is 2. The third-order valence-electron chi connectivity index (χ3n) is 4.42. The second-order valence-corrected chi connectivity index (χ2v) is 6.22. The number of likely N-dealkylation sites (N-methyl/N-ethyl adjacent to an activating group) is 1. The number of aromatic nitrogens is 1. The van der Waals surface area contributed by atoms with E-state index in [1.807, 2.05) is 0 Å². The summed E-state index contributed by atoms with van der Waals surface area (Å²) in [5.74, 6) is 0.486. The molecule has 0 radical (unpaired) electrons. The number of amides is 1. The molecule has 1 aliphatic carbocycles. The number of nitrogens with one attached hydrogen (secondary N) is 2. The zero-order chi connectivity index (χ0) is 15.5. The van der Waals surface area contributed by atoms with Gasteiger partial charge in [-0.1, -0.05) is 24.4 Å². The number of halogens is 1. The van der Waals surface area contributed by atoms with Gasteiger partial charge in [0.1, 0.15) is 5.82 Å². The highest BCUT2D eigenvalue weighted by molar-refractivity contribution is 6.33. The summed E-state index contributed by atoms with van der Waals surface area (Å²) in [7, 11) is 5.92. The number of nitrogens with zero attached hydrogens (tertiary/aromatic N) is 2. The number of carbonyl (C=O) groups excluding carboxylic acids is 1. The van der Waals surface area contributed by atoms with Crippen LogP contribution in [0.4, 0.5) is 5.82 Å². The molecule has 0 atom stereocenters. The summed E-state index contributed by atoms with van der Waals surface area (Å²) in [6, 6.07) is 1.68. The van der Waals surface area contributed by atoms with E-state index in [0.29, 0.717) is 22.9 Å². The lowest BCUT2D eigenvalue weighted by Crippen LogP contribution is -2.50. The van der Waals surface area contributed by atoms with E-state index >= 15 is 0 Å². The quantitative estimate of drug-likeness (QED) is 0.877. The van der Waals surface area contributed by atoms with E-state index in [2.05, 4.69) is 34.6 Å². The molecular formula is C15H23ClN4O. The smallest absolute Gasteiger partial charge is 0.253 e. The molecule has 1 amide bonds. The first-order chi connectivity index (χ1) is 9.98. The lowest BCUT2D eigenvalue weighted by Gasteiger charge is -2.36. The van der Waals surface area contributed by atoms with Gasteiger partial charge in [0.15, 0.2) is 0 Å². The molecule has 1 aromatic rings. The predicted octanol–water partition coefficient (Wildman–Crippen LogP) is 2.38. The Balaban J connectivity index is 2.08. The van der Waals surface area contributed by atoms with Gasteiger partial charge in [0, 0.05) is 25.3 Å². The third-order valence-corrected chi connectivity index (χ3v) is 4.72. The van der Waals surface area contributed by atoms with Crippen LogP contribution in [0.15, 0.2) is 12.3 Å². The molecule has 0 bridgehead atoms. The normalized spacial score (nSPS) is 17.0. The fraction of sp³-hybridized carbons (Fsp3) is 0.600. The van der Waals surface area contributed by atoms with Crippen LogP contribution in [0.5, 0.6) is 0 Å². The van der Waals surface area contributed by atoms with Crippen molar-refractivity contribution in [2.75, 3.05) is 33.0 Å². The number of hydrogen-bond acceptors (Lipinski definition) is 4. The Bertz CT molecular complexity index is 512. The topological polar surface area (TPSA) is 57.3 Å². The van der Waals surface area contributed by atoms with E-state index in [0.717, 1.165) is 12.8 Å². The summed E-state index contributed by atoms with van der Waals surface area (Å²) in [4.78, 5) is 18.7. The molecule has 5 nitrogen and oxygen atoms in total. The van der Waals surface area contributed by atoms with Gasteiger partial charge in [0.05, 0.1) is 10.6 Å². The Morgan fingerprint density at radius 1 is 1.43 bits per heavy atom. The number of anilines is 1. The van der Waals surface area contributed by atoms with Gasteiger partial charge in [0.25, 0.3) is 5.91 Å². The van der Waals surface area contributed by atoms with E-state index < -0.39 is 0 Å². The first-order valence-electron chi connectivity index (χ1n) is 7.27. The van der Waals surface area contributed by atoms with Crippen molar-refractivity contribution in [3.63, 3.8) is 0 Å². The van der Waals surface area contributed by atoms with Gasteiger partial charge in [-0.25, -0.2) is 4.98 Å². The van der Waals surface area contributed by atoms with Gasteiger partial charge in [0.2, 0.25) is 0 Å². The van der Waals surface area contributed by atoms with Crippen molar-refractivity contribution in [1.29, 1.82) is 0 Å². The highest BCUT2D eigenvalue weighted by Crippen LogP contribution is 2.33. The molecule has 1 heterocycles. The largest absolute Gasteiger partial charge is 0.373 e. The monoisotopic (exact) mass is 310 g/mol. The second-order valence-electron chi connectivity index (χ2n) is 5.81. The zero-order valence-electron chi connectivity index (χ0n) is 12.9. The van der Waals surface area contributed by atoms with Crippen LogP contribution in [0.1, 0.15) is 36.0 Å². The van der Waals surface area contributed by atoms with Gasteiger partial charge in [-0.15, -0.1) is 0 Å². The molecule has 1 aromatic heterocycles. The van der Waals surface area contributed by atoms with Crippen molar-refractivity contribution in [3.05, 3.63) is 22.8 Å². The molecule has 21 heavy (non-hydrogen) atoms. The Hall–Kier alpha value is -1.33. The van der Waals surface area contributed by atoms with Crippen LogP contribution in [0.2, 0.25) is 5.02 Å². The van der Waals surface area contributed by atoms with Gasteiger partial charge in [-0.05, 0) is 33.0 Å². The number of carbonyl (C=O) groups is 1. The van der Waals surface area contributed by atoms with Gasteiger partial charge in [-0.3, -0.25) is 4.79 Å². The highest BCUT2D eigenvalue weighted by Gasteiger charge is 2.36. The van der Waals surface area contributed by atoms with Crippen molar-refractivity contribution in [3.8, 4) is 0 Å². The molecule has 0 aromatic carbocycles. The van der Waals surface area contributed by atoms with Gasteiger partial charge in [-0.2, -0.15) is 0 Å². The van der Waals surface area contributed by atoms with Crippen LogP contribution in [0.25, 0.3) is 0 Å². The molecule has 0 spiro atoms. The molecule has 1 fully saturated rings. The fourth-order valence-corrected chi connectivity index (χ4v) is 3.09. The van der Waals surface area contributed by atoms with E-state index in [1.165, 1.54) is 19.0 Å². The van der Waals surface area contributed by atoms with Gasteiger partial charge >= 0.3 is 0 Å². The van der Waals surface area contributed by atoms with Crippen LogP contribution < -0.4 is 10.6 Å². The maximum atomic E-state index is 12.4. The predicted molar refractivity (Wildman–Crippen MR) is 86.0 cm³/mol. The number of pyridine rings is 1. The molecule has 6 heteroatoms. The average molecular weight is 311 g/mol. The number of rotatable bonds is 5. The molecule has 0 saturated heterocycles. The van der Waals surface area contributed by atoms with Crippen LogP contribution in [-0.4, -0.2) is 49.0 Å². The summed E-state index contributed by atoms with van der Waals surface area (Å²) < 4.78 is 0. The van der Waals surface area contributed by atoms with E-state index in [9.17, 15) is 4.79 Å². The minimum atomic E-state index is -0.146. The van der Waals surface area contributed by atoms with Crippen LogP contribution >= 0.6 is 11.6 Å². The Morgan fingerprint density at radius 2 is 2.10 bits per heavy atom. The summed E-state index contributed by atoms with van der Waals surface area (Å²) in [6.45, 7) is 0.645. The summed E-state index contributed by atoms with van der Waals surface area (Å²) in [6.07, 6.45) is 6.17. The molecule has 0 aliphatic heterocycles. The van der Waals surface area contributed by atoms with E-state index in [1.54, 1.807) is 13.1 Å². The standard InChI is InChI=1S/C15H23ClN4O/c1-17-13-8-11(12(16)9-18-13)14(21)19-10-15(20(2)3)6-4-5-7-15/h8-9H,4-7,10H2,1-3H3,(H,17,18)(H,19,21). The molecular weight excluding hydrogens is 288 g/mol. The Labute approximate surface area is 131 Å². The van der Waals surface area contributed by atoms with Crippen molar-refractivity contribution in [2.24, 2.45) is 0 Å². The summed E-state index contributed by atoms with van der Waals surface area (Å²) in [5.41, 5.74) is 0.531. The SMILES string of the molecule is CNc1cc(C(=O)NCC2(N(C)C)CCCC2)c(Cl)cn1. The zero-order valence-corrected chi connectivity index (χ0v) is 13.6. The lowest BCUT2D eigenvalue weighted by molar-refractivity contribution is 0.0900.